The van der Waals surface area contributed by atoms with Crippen molar-refractivity contribution in [3.63, 3.8) is 0 Å². The molecule has 2 aliphatic heterocycles. The fourth-order valence-corrected chi connectivity index (χ4v) is 4.21. The molecular formula is C21H32N4O. The molecule has 0 spiro atoms. The Hall–Kier alpha value is -1.88. The lowest BCUT2D eigenvalue weighted by molar-refractivity contribution is -0.134. The topological polar surface area (TPSA) is 39.7 Å². The van der Waals surface area contributed by atoms with Crippen LogP contribution in [0.1, 0.15) is 31.2 Å². The molecule has 0 aromatic carbocycles. The van der Waals surface area contributed by atoms with Crippen LogP contribution in [-0.2, 0) is 11.3 Å². The van der Waals surface area contributed by atoms with Gasteiger partial charge in [-0.05, 0) is 56.5 Å². The van der Waals surface area contributed by atoms with Gasteiger partial charge < -0.3 is 9.80 Å². The van der Waals surface area contributed by atoms with Gasteiger partial charge in [-0.1, -0.05) is 6.58 Å². The minimum absolute atomic E-state index is 0.191. The summed E-state index contributed by atoms with van der Waals surface area (Å²) in [5.74, 6) is 1.06. The molecule has 1 aromatic rings. The second-order valence-electron chi connectivity index (χ2n) is 7.89. The fraction of sp³-hybridized carbons (Fsp3) is 0.619. The molecule has 0 unspecified atom stereocenters. The summed E-state index contributed by atoms with van der Waals surface area (Å²) in [5.41, 5.74) is 2.63. The Bertz CT molecular complexity index is 600. The lowest BCUT2D eigenvalue weighted by Gasteiger charge is -2.40. The van der Waals surface area contributed by atoms with Gasteiger partial charge in [0, 0.05) is 63.7 Å². The van der Waals surface area contributed by atoms with Crippen molar-refractivity contribution in [3.8, 4) is 0 Å². The van der Waals surface area contributed by atoms with E-state index in [1.54, 1.807) is 4.90 Å². The summed E-state index contributed by atoms with van der Waals surface area (Å²) in [7, 11) is 3.71. The fourth-order valence-electron chi connectivity index (χ4n) is 4.21. The molecular weight excluding hydrogens is 324 g/mol. The predicted molar refractivity (Wildman–Crippen MR) is 104 cm³/mol. The van der Waals surface area contributed by atoms with E-state index in [4.69, 9.17) is 0 Å². The summed E-state index contributed by atoms with van der Waals surface area (Å²) in [6.07, 6.45) is 8.01. The van der Waals surface area contributed by atoms with E-state index in [1.807, 2.05) is 26.5 Å². The molecule has 5 nitrogen and oxygen atoms in total. The summed E-state index contributed by atoms with van der Waals surface area (Å²) in [6, 6.07) is 4.20. The first-order valence-electron chi connectivity index (χ1n) is 9.80. The van der Waals surface area contributed by atoms with Crippen molar-refractivity contribution < 1.29 is 4.79 Å². The van der Waals surface area contributed by atoms with Crippen LogP contribution in [0.3, 0.4) is 0 Å². The number of nitrogens with zero attached hydrogens (tertiary/aromatic N) is 4. The van der Waals surface area contributed by atoms with Gasteiger partial charge in [0.1, 0.15) is 0 Å². The lowest BCUT2D eigenvalue weighted by Crippen LogP contribution is -2.42. The van der Waals surface area contributed by atoms with Crippen LogP contribution in [0.15, 0.2) is 36.8 Å². The second-order valence-corrected chi connectivity index (χ2v) is 7.89. The Kier molecular flexibility index (Phi) is 6.30. The number of allylic oxidation sites excluding steroid dienone is 1. The number of aromatic nitrogens is 1. The van der Waals surface area contributed by atoms with Crippen molar-refractivity contribution >= 4 is 5.91 Å². The lowest BCUT2D eigenvalue weighted by atomic mass is 9.90. The first kappa shape index (κ1) is 18.9. The minimum atomic E-state index is 0.191. The maximum atomic E-state index is 12.1. The zero-order chi connectivity index (χ0) is 18.5. The highest BCUT2D eigenvalue weighted by molar-refractivity contribution is 5.78. The highest BCUT2D eigenvalue weighted by Gasteiger charge is 2.29. The SMILES string of the molecule is C=C(C1CCN(Cc2ccncc2)CC1)N1CCC(C(=O)N(C)C)CC1. The van der Waals surface area contributed by atoms with Crippen LogP contribution in [-0.4, -0.2) is 65.9 Å². The minimum Gasteiger partial charge on any atom is -0.375 e. The highest BCUT2D eigenvalue weighted by atomic mass is 16.2. The van der Waals surface area contributed by atoms with E-state index in [0.29, 0.717) is 5.92 Å². The normalized spacial score (nSPS) is 20.2. The third-order valence-electron chi connectivity index (χ3n) is 5.91. The molecule has 2 fully saturated rings. The van der Waals surface area contributed by atoms with Crippen LogP contribution >= 0.6 is 0 Å². The molecule has 0 N–H and O–H groups in total. The Morgan fingerprint density at radius 3 is 2.23 bits per heavy atom. The zero-order valence-corrected chi connectivity index (χ0v) is 16.2. The number of hydrogen-bond donors (Lipinski definition) is 0. The van der Waals surface area contributed by atoms with Crippen molar-refractivity contribution in [2.45, 2.75) is 32.2 Å². The first-order chi connectivity index (χ1) is 12.5. The molecule has 0 aliphatic carbocycles. The number of pyridine rings is 1. The van der Waals surface area contributed by atoms with Crippen LogP contribution in [0, 0.1) is 11.8 Å². The average Bonchev–Trinajstić information content (AvgIpc) is 2.68. The maximum Gasteiger partial charge on any atom is 0.225 e. The number of carbonyl (C=O) groups excluding carboxylic acids is 1. The van der Waals surface area contributed by atoms with Gasteiger partial charge in [-0.25, -0.2) is 0 Å². The van der Waals surface area contributed by atoms with Gasteiger partial charge in [-0.2, -0.15) is 0 Å². The van der Waals surface area contributed by atoms with Gasteiger partial charge in [0.25, 0.3) is 0 Å². The van der Waals surface area contributed by atoms with E-state index >= 15 is 0 Å². The van der Waals surface area contributed by atoms with Crippen molar-refractivity contribution in [2.24, 2.45) is 11.8 Å². The number of likely N-dealkylation sites (tertiary alicyclic amines) is 2. The predicted octanol–water partition coefficient (Wildman–Crippen LogP) is 2.61. The molecule has 2 aliphatic rings. The maximum absolute atomic E-state index is 12.1. The molecule has 3 heterocycles. The Labute approximate surface area is 157 Å². The average molecular weight is 357 g/mol. The third-order valence-corrected chi connectivity index (χ3v) is 5.91. The molecule has 0 atom stereocenters. The first-order valence-corrected chi connectivity index (χ1v) is 9.80. The van der Waals surface area contributed by atoms with E-state index < -0.39 is 0 Å². The molecule has 0 bridgehead atoms. The zero-order valence-electron chi connectivity index (χ0n) is 16.2. The van der Waals surface area contributed by atoms with Gasteiger partial charge in [0.15, 0.2) is 0 Å². The van der Waals surface area contributed by atoms with E-state index in [0.717, 1.165) is 45.6 Å². The smallest absolute Gasteiger partial charge is 0.225 e. The Morgan fingerprint density at radius 2 is 1.65 bits per heavy atom. The summed E-state index contributed by atoms with van der Waals surface area (Å²) in [6.45, 7) is 9.63. The van der Waals surface area contributed by atoms with Crippen molar-refractivity contribution in [3.05, 3.63) is 42.4 Å². The molecule has 26 heavy (non-hydrogen) atoms. The summed E-state index contributed by atoms with van der Waals surface area (Å²) in [4.78, 5) is 22.9. The van der Waals surface area contributed by atoms with E-state index in [9.17, 15) is 4.79 Å². The van der Waals surface area contributed by atoms with Crippen LogP contribution in [0.5, 0.6) is 0 Å². The van der Waals surface area contributed by atoms with Crippen LogP contribution in [0.2, 0.25) is 0 Å². The van der Waals surface area contributed by atoms with Gasteiger partial charge in [0.05, 0.1) is 0 Å². The number of hydrogen-bond acceptors (Lipinski definition) is 4. The van der Waals surface area contributed by atoms with E-state index in [1.165, 1.54) is 24.1 Å². The third kappa shape index (κ3) is 4.64. The largest absolute Gasteiger partial charge is 0.375 e. The van der Waals surface area contributed by atoms with Crippen molar-refractivity contribution in [1.82, 2.24) is 19.7 Å². The summed E-state index contributed by atoms with van der Waals surface area (Å²) < 4.78 is 0. The quantitative estimate of drug-likeness (QED) is 0.813. The van der Waals surface area contributed by atoms with Crippen molar-refractivity contribution in [1.29, 1.82) is 0 Å². The molecule has 0 radical (unpaired) electrons. The molecule has 5 heteroatoms. The molecule has 142 valence electrons. The molecule has 2 saturated heterocycles. The number of rotatable bonds is 5. The number of piperidine rings is 2. The molecule has 0 saturated carbocycles. The van der Waals surface area contributed by atoms with Gasteiger partial charge >= 0.3 is 0 Å². The second kappa shape index (κ2) is 8.67. The van der Waals surface area contributed by atoms with Crippen LogP contribution in [0.25, 0.3) is 0 Å². The Balaban J connectivity index is 1.43. The van der Waals surface area contributed by atoms with Gasteiger partial charge in [-0.15, -0.1) is 0 Å². The van der Waals surface area contributed by atoms with Crippen LogP contribution < -0.4 is 0 Å². The molecule has 1 amide bonds. The summed E-state index contributed by atoms with van der Waals surface area (Å²) >= 11 is 0. The van der Waals surface area contributed by atoms with Gasteiger partial charge in [-0.3, -0.25) is 14.7 Å². The van der Waals surface area contributed by atoms with Crippen molar-refractivity contribution in [2.75, 3.05) is 40.3 Å². The standard InChI is InChI=1S/C21H32N4O/c1-17(25-14-8-20(9-15-25)21(26)23(2)3)19-6-12-24(13-7-19)16-18-4-10-22-11-5-18/h4-5,10-11,19-20H,1,6-9,12-16H2,2-3H3. The van der Waals surface area contributed by atoms with Crippen LogP contribution in [0.4, 0.5) is 0 Å². The van der Waals surface area contributed by atoms with Gasteiger partial charge in [0.2, 0.25) is 5.91 Å². The highest BCUT2D eigenvalue weighted by Crippen LogP contribution is 2.30. The molecule has 3 rings (SSSR count). The summed E-state index contributed by atoms with van der Waals surface area (Å²) in [5, 5.41) is 0. The Morgan fingerprint density at radius 1 is 1.08 bits per heavy atom. The van der Waals surface area contributed by atoms with E-state index in [-0.39, 0.29) is 11.8 Å². The number of amides is 1. The monoisotopic (exact) mass is 356 g/mol. The number of carbonyl (C=O) groups is 1. The molecule has 1 aromatic heterocycles. The van der Waals surface area contributed by atoms with E-state index in [2.05, 4.69) is 33.5 Å².